The average Bonchev–Trinajstić information content (AvgIpc) is 3.10. The summed E-state index contributed by atoms with van der Waals surface area (Å²) in [6.07, 6.45) is 3.84. The Hall–Kier alpha value is 3.52. The van der Waals surface area contributed by atoms with Crippen LogP contribution >= 0.6 is 0 Å². The van der Waals surface area contributed by atoms with Crippen molar-refractivity contribution in [3.63, 3.8) is 0 Å². The van der Waals surface area contributed by atoms with E-state index in [1.54, 1.807) is 19.6 Å². The van der Waals surface area contributed by atoms with Crippen LogP contribution in [0.3, 0.4) is 0 Å². The minimum atomic E-state index is -4.30. The molecular weight excluding hydrogens is 1070 g/mol. The van der Waals surface area contributed by atoms with Crippen LogP contribution in [0.1, 0.15) is 26.7 Å². The van der Waals surface area contributed by atoms with Crippen LogP contribution in [0.5, 0.6) is 0 Å². The molecule has 0 amide bonds. The Morgan fingerprint density at radius 2 is 1.24 bits per heavy atom. The zero-order valence-electron chi connectivity index (χ0n) is 26.2. The van der Waals surface area contributed by atoms with E-state index in [2.05, 4.69) is 20.4 Å². The Balaban J connectivity index is -0.00000133. The molecule has 41 heavy (non-hydrogen) atoms. The van der Waals surface area contributed by atoms with Gasteiger partial charge in [0, 0.05) is 74.5 Å². The predicted octanol–water partition coefficient (Wildman–Crippen LogP) is 3.01. The van der Waals surface area contributed by atoms with Crippen molar-refractivity contribution in [1.82, 2.24) is 0 Å². The fourth-order valence-corrected chi connectivity index (χ4v) is 34.1. The Morgan fingerprint density at radius 3 is 1.66 bits per heavy atom. The number of unbranched alkanes of at least 4 members (excludes halogenated alkanes) is 2. The van der Waals surface area contributed by atoms with Crippen LogP contribution in [0, 0.1) is 35.1 Å². The van der Waals surface area contributed by atoms with Gasteiger partial charge in [0.05, 0.1) is 10.4 Å². The molecule has 1 N–H and O–H groups in total. The Bertz CT molecular complexity index is 847. The van der Waals surface area contributed by atoms with Crippen molar-refractivity contribution in [1.29, 1.82) is 0 Å². The van der Waals surface area contributed by atoms with Gasteiger partial charge in [0.15, 0.2) is 0 Å². The Labute approximate surface area is 310 Å². The second kappa shape index (κ2) is 16.8. The monoisotopic (exact) mass is 1120 g/mol. The molecule has 6 unspecified atom stereocenters. The molecular formula is C19H46O12Si7W2Y-3. The van der Waals surface area contributed by atoms with Gasteiger partial charge in [0.25, 0.3) is 0 Å². The number of rotatable bonds is 4. The second-order valence-corrected chi connectivity index (χ2v) is 30.5. The van der Waals surface area contributed by atoms with Crippen LogP contribution in [0.25, 0.3) is 0 Å². The largest absolute Gasteiger partial charge is 2.00 e. The first-order chi connectivity index (χ1) is 16.3. The zero-order valence-corrected chi connectivity index (χ0v) is 41.9. The standard InChI is InChI=1S/C12H31O12Si7.C5H9.2CH3.2W.Y/c1-11-12(2,25(11)5)17-31-22-28(10,18-26(6,7)20-29(13,14-3)23-31)19-27(8,9)21-30(15-4,16-11)24-31;1-3-5-4-2;;;;;/h13H,1-10H3;5H,1-4H2;2*1H3;;;/q;-3;2*-1;;+2;. The average molecular weight is 1120 g/mol. The molecule has 12 nitrogen and oxygen atoms in total. The molecule has 1 spiro atoms. The van der Waals surface area contributed by atoms with Crippen LogP contribution in [-0.4, -0.2) is 91.3 Å². The van der Waals surface area contributed by atoms with Crippen molar-refractivity contribution in [3.8, 4) is 0 Å². The summed E-state index contributed by atoms with van der Waals surface area (Å²) in [5.74, 6) is 0. The molecule has 240 valence electrons. The van der Waals surface area contributed by atoms with Crippen molar-refractivity contribution < 1.29 is 126 Å². The van der Waals surface area contributed by atoms with Crippen LogP contribution in [0.15, 0.2) is 0 Å². The van der Waals surface area contributed by atoms with E-state index in [0.29, 0.717) is 0 Å². The van der Waals surface area contributed by atoms with Gasteiger partial charge in [-0.25, -0.2) is 0 Å². The molecule has 0 aromatic rings. The van der Waals surface area contributed by atoms with Gasteiger partial charge in [-0.2, -0.15) is 0 Å². The maximum Gasteiger partial charge on any atom is 2.00 e. The van der Waals surface area contributed by atoms with E-state index in [4.69, 9.17) is 46.5 Å². The molecule has 4 aliphatic rings. The van der Waals surface area contributed by atoms with Gasteiger partial charge in [-0.15, -0.1) is 0 Å². The van der Waals surface area contributed by atoms with E-state index >= 15 is 0 Å². The van der Waals surface area contributed by atoms with Gasteiger partial charge in [-0.1, -0.05) is 6.55 Å². The third-order valence-electron chi connectivity index (χ3n) is 6.28. The molecule has 0 aromatic heterocycles. The summed E-state index contributed by atoms with van der Waals surface area (Å²) in [5, 5.41) is -1.46. The Kier molecular flexibility index (Phi) is 20.0. The molecule has 4 heterocycles. The van der Waals surface area contributed by atoms with Crippen LogP contribution in [-0.2, 0) is 121 Å². The second-order valence-electron chi connectivity index (χ2n) is 10.1. The minimum absolute atomic E-state index is 0. The van der Waals surface area contributed by atoms with Crippen molar-refractivity contribution in [2.24, 2.45) is 0 Å². The molecule has 6 atom stereocenters. The van der Waals surface area contributed by atoms with Gasteiger partial charge >= 0.3 is 74.1 Å². The minimum Gasteiger partial charge on any atom is -0.395 e. The summed E-state index contributed by atoms with van der Waals surface area (Å²) in [7, 11) is -20.5. The summed E-state index contributed by atoms with van der Waals surface area (Å²) in [6.45, 7) is 22.0. The quantitative estimate of drug-likeness (QED) is 0.330. The SMILES string of the molecule is CO[Si]1(O)O[Si](C)(C)O[Si]2(C)O[Si](C)(C)O[Si]3(OC)OC4(C)[Si](C)C4(C)O[Si](O2)(O1)O3.[CH2-]C[CH-]C[CH2-].[CH3-].[CH3-].[W+2].[W].[Y]. The molecule has 0 aromatic carbocycles. The maximum absolute atomic E-state index is 11.2. The first-order valence-corrected chi connectivity index (χ1v) is 26.5. The van der Waals surface area contributed by atoms with Gasteiger partial charge in [0.1, 0.15) is 8.80 Å². The fourth-order valence-electron chi connectivity index (χ4n) is 4.39. The first-order valence-electron chi connectivity index (χ1n) is 11.7. The van der Waals surface area contributed by atoms with E-state index in [9.17, 15) is 4.80 Å². The summed E-state index contributed by atoms with van der Waals surface area (Å²) >= 11 is 0. The van der Waals surface area contributed by atoms with Crippen molar-refractivity contribution >= 4 is 61.9 Å². The van der Waals surface area contributed by atoms with Gasteiger partial charge in [0.2, 0.25) is 0 Å². The van der Waals surface area contributed by atoms with Gasteiger partial charge in [-0.05, 0) is 40.0 Å². The van der Waals surface area contributed by atoms with Crippen molar-refractivity contribution in [2.45, 2.75) is 76.4 Å². The molecule has 22 heteroatoms. The smallest absolute Gasteiger partial charge is 0.395 e. The molecule has 3 bridgehead atoms. The zero-order chi connectivity index (χ0) is 27.5. The third kappa shape index (κ3) is 10.5. The number of hydrogen-bond acceptors (Lipinski definition) is 12. The van der Waals surface area contributed by atoms with Crippen molar-refractivity contribution in [3.05, 3.63) is 35.1 Å². The van der Waals surface area contributed by atoms with E-state index in [-0.39, 0.29) is 89.7 Å². The van der Waals surface area contributed by atoms with E-state index in [1.165, 1.54) is 14.2 Å². The number of hydrogen-bond donors (Lipinski definition) is 1. The fraction of sp³-hybridized carbons (Fsp3) is 0.737. The molecule has 4 rings (SSSR count). The Morgan fingerprint density at radius 1 is 0.780 bits per heavy atom. The van der Waals surface area contributed by atoms with E-state index in [1.807, 2.05) is 33.4 Å². The normalized spacial score (nSPS) is 41.8. The summed E-state index contributed by atoms with van der Waals surface area (Å²) < 4.78 is 68.0. The summed E-state index contributed by atoms with van der Waals surface area (Å²) in [4.78, 5) is 11.2. The topological polar surface area (TPSA) is 122 Å². The van der Waals surface area contributed by atoms with Gasteiger partial charge in [-0.3, -0.25) is 0 Å². The molecule has 4 aliphatic heterocycles. The molecule has 0 aliphatic carbocycles. The predicted molar refractivity (Wildman–Crippen MR) is 155 cm³/mol. The molecule has 4 saturated heterocycles. The summed E-state index contributed by atoms with van der Waals surface area (Å²) in [6, 6.07) is 0. The van der Waals surface area contributed by atoms with Crippen molar-refractivity contribution in [2.75, 3.05) is 14.2 Å². The molecule has 2 radical (unpaired) electrons. The first kappa shape index (κ1) is 48.9. The third-order valence-corrected chi connectivity index (χ3v) is 32.2. The van der Waals surface area contributed by atoms with Crippen LogP contribution < -0.4 is 0 Å². The summed E-state index contributed by atoms with van der Waals surface area (Å²) in [5.41, 5.74) is 0. The van der Waals surface area contributed by atoms with E-state index in [0.717, 1.165) is 12.8 Å². The van der Waals surface area contributed by atoms with Gasteiger partial charge < -0.3 is 99.3 Å². The van der Waals surface area contributed by atoms with Crippen LogP contribution in [0.4, 0.5) is 0 Å². The number of fused-ring (bicyclic) bond motifs is 3. The van der Waals surface area contributed by atoms with E-state index < -0.39 is 72.3 Å². The molecule has 0 saturated carbocycles. The maximum atomic E-state index is 11.2. The molecule has 4 fully saturated rings. The van der Waals surface area contributed by atoms with Crippen LogP contribution in [0.2, 0.25) is 39.3 Å².